The summed E-state index contributed by atoms with van der Waals surface area (Å²) in [5.41, 5.74) is 1.15. The van der Waals surface area contributed by atoms with E-state index in [1.165, 1.54) is 0 Å². The molecule has 2 rings (SSSR count). The quantitative estimate of drug-likeness (QED) is 0.941. The summed E-state index contributed by atoms with van der Waals surface area (Å²) in [6.45, 7) is 5.60. The lowest BCUT2D eigenvalue weighted by molar-refractivity contribution is 0.707. The molecule has 0 aliphatic carbocycles. The Hall–Kier alpha value is -1.43. The van der Waals surface area contributed by atoms with Crippen LogP contribution in [-0.4, -0.2) is 19.7 Å². The third-order valence-electron chi connectivity index (χ3n) is 2.51. The summed E-state index contributed by atoms with van der Waals surface area (Å²) in [5, 5.41) is 11.2. The molecular formula is C11H14BrN5. The van der Waals surface area contributed by atoms with Crippen LogP contribution in [0.1, 0.15) is 18.3 Å². The van der Waals surface area contributed by atoms with Gasteiger partial charge in [-0.2, -0.15) is 0 Å². The van der Waals surface area contributed by atoms with Crippen molar-refractivity contribution in [1.82, 2.24) is 19.7 Å². The summed E-state index contributed by atoms with van der Waals surface area (Å²) in [6, 6.07) is 2.00. The maximum Gasteiger partial charge on any atom is 0.152 e. The normalized spacial score (nSPS) is 10.5. The Bertz CT molecular complexity index is 508. The Kier molecular flexibility index (Phi) is 3.73. The van der Waals surface area contributed by atoms with Gasteiger partial charge in [0.05, 0.1) is 6.54 Å². The van der Waals surface area contributed by atoms with Crippen LogP contribution in [0.15, 0.2) is 23.1 Å². The Morgan fingerprint density at radius 2 is 2.29 bits per heavy atom. The van der Waals surface area contributed by atoms with E-state index in [2.05, 4.69) is 43.4 Å². The van der Waals surface area contributed by atoms with Gasteiger partial charge in [0.2, 0.25) is 0 Å². The minimum atomic E-state index is 0.627. The number of hydrogen-bond donors (Lipinski definition) is 1. The highest BCUT2D eigenvalue weighted by atomic mass is 79.9. The Morgan fingerprint density at radius 1 is 1.47 bits per heavy atom. The van der Waals surface area contributed by atoms with Gasteiger partial charge in [-0.15, -0.1) is 10.2 Å². The van der Waals surface area contributed by atoms with E-state index in [4.69, 9.17) is 0 Å². The molecule has 5 nitrogen and oxygen atoms in total. The number of aryl methyl sites for hydroxylation is 2. The third-order valence-corrected chi connectivity index (χ3v) is 3.34. The minimum absolute atomic E-state index is 0.627. The molecule has 0 amide bonds. The molecule has 0 aromatic carbocycles. The van der Waals surface area contributed by atoms with Gasteiger partial charge in [-0.1, -0.05) is 0 Å². The molecule has 0 atom stereocenters. The molecule has 0 spiro atoms. The molecule has 17 heavy (non-hydrogen) atoms. The molecule has 0 saturated heterocycles. The third kappa shape index (κ3) is 2.82. The van der Waals surface area contributed by atoms with E-state index < -0.39 is 0 Å². The predicted octanol–water partition coefficient (Wildman–Crippen LogP) is 2.38. The zero-order valence-electron chi connectivity index (χ0n) is 9.81. The van der Waals surface area contributed by atoms with Crippen LogP contribution in [0, 0.1) is 6.92 Å². The molecule has 0 aliphatic rings. The molecule has 2 aromatic rings. The first-order valence-corrected chi connectivity index (χ1v) is 6.22. The lowest BCUT2D eigenvalue weighted by Gasteiger charge is -2.07. The first-order valence-electron chi connectivity index (χ1n) is 5.43. The van der Waals surface area contributed by atoms with Gasteiger partial charge >= 0.3 is 0 Å². The molecule has 0 unspecified atom stereocenters. The van der Waals surface area contributed by atoms with Crippen molar-refractivity contribution < 1.29 is 0 Å². The molecular weight excluding hydrogens is 282 g/mol. The van der Waals surface area contributed by atoms with Crippen molar-refractivity contribution >= 4 is 21.7 Å². The van der Waals surface area contributed by atoms with Crippen LogP contribution in [0.4, 0.5) is 5.82 Å². The summed E-state index contributed by atoms with van der Waals surface area (Å²) >= 11 is 3.43. The highest BCUT2D eigenvalue weighted by Crippen LogP contribution is 2.17. The molecule has 6 heteroatoms. The van der Waals surface area contributed by atoms with Crippen molar-refractivity contribution in [1.29, 1.82) is 0 Å². The first kappa shape index (κ1) is 12.0. The van der Waals surface area contributed by atoms with Gasteiger partial charge in [0.15, 0.2) is 5.82 Å². The van der Waals surface area contributed by atoms with Crippen molar-refractivity contribution in [3.05, 3.63) is 34.5 Å². The number of halogens is 1. The topological polar surface area (TPSA) is 55.6 Å². The van der Waals surface area contributed by atoms with Gasteiger partial charge in [-0.25, -0.2) is 4.98 Å². The van der Waals surface area contributed by atoms with Crippen LogP contribution in [0.2, 0.25) is 0 Å². The van der Waals surface area contributed by atoms with E-state index in [0.717, 1.165) is 28.2 Å². The number of rotatable bonds is 4. The fourth-order valence-electron chi connectivity index (χ4n) is 1.49. The Labute approximate surface area is 108 Å². The maximum atomic E-state index is 4.28. The monoisotopic (exact) mass is 295 g/mol. The molecule has 90 valence electrons. The van der Waals surface area contributed by atoms with Crippen molar-refractivity contribution in [3.63, 3.8) is 0 Å². The zero-order valence-corrected chi connectivity index (χ0v) is 11.4. The summed E-state index contributed by atoms with van der Waals surface area (Å²) in [5.74, 6) is 1.76. The minimum Gasteiger partial charge on any atom is -0.363 e. The number of anilines is 1. The van der Waals surface area contributed by atoms with Crippen LogP contribution in [-0.2, 0) is 13.1 Å². The molecule has 0 aliphatic heterocycles. The van der Waals surface area contributed by atoms with Gasteiger partial charge in [0.1, 0.15) is 12.1 Å². The summed E-state index contributed by atoms with van der Waals surface area (Å²) in [7, 11) is 0. The smallest absolute Gasteiger partial charge is 0.152 e. The van der Waals surface area contributed by atoms with E-state index in [0.29, 0.717) is 6.54 Å². The van der Waals surface area contributed by atoms with E-state index in [1.54, 1.807) is 12.5 Å². The van der Waals surface area contributed by atoms with Gasteiger partial charge in [0, 0.05) is 17.2 Å². The van der Waals surface area contributed by atoms with E-state index in [-0.39, 0.29) is 0 Å². The van der Waals surface area contributed by atoms with E-state index >= 15 is 0 Å². The second kappa shape index (κ2) is 5.27. The van der Waals surface area contributed by atoms with Crippen molar-refractivity contribution in [2.75, 3.05) is 5.32 Å². The van der Waals surface area contributed by atoms with Gasteiger partial charge in [-0.05, 0) is 41.4 Å². The average Bonchev–Trinajstić information content (AvgIpc) is 2.78. The SMILES string of the molecule is CCn1cnnc1CNc1cc(C)c(Br)cn1. The predicted molar refractivity (Wildman–Crippen MR) is 69.7 cm³/mol. The van der Waals surface area contributed by atoms with Crippen LogP contribution in [0.3, 0.4) is 0 Å². The van der Waals surface area contributed by atoms with Gasteiger partial charge in [-0.3, -0.25) is 0 Å². The molecule has 0 bridgehead atoms. The lowest BCUT2D eigenvalue weighted by Crippen LogP contribution is -2.08. The number of nitrogens with zero attached hydrogens (tertiary/aromatic N) is 4. The summed E-state index contributed by atoms with van der Waals surface area (Å²) in [4.78, 5) is 4.28. The van der Waals surface area contributed by atoms with Crippen molar-refractivity contribution in [2.24, 2.45) is 0 Å². The summed E-state index contributed by atoms with van der Waals surface area (Å²) in [6.07, 6.45) is 3.53. The van der Waals surface area contributed by atoms with E-state index in [1.807, 2.05) is 17.6 Å². The van der Waals surface area contributed by atoms with Crippen LogP contribution < -0.4 is 5.32 Å². The number of aromatic nitrogens is 4. The fraction of sp³-hybridized carbons (Fsp3) is 0.364. The molecule has 2 aromatic heterocycles. The highest BCUT2D eigenvalue weighted by molar-refractivity contribution is 9.10. The van der Waals surface area contributed by atoms with Gasteiger partial charge < -0.3 is 9.88 Å². The molecule has 0 saturated carbocycles. The Balaban J connectivity index is 2.05. The second-order valence-corrected chi connectivity index (χ2v) is 4.56. The molecule has 0 radical (unpaired) electrons. The summed E-state index contributed by atoms with van der Waals surface area (Å²) < 4.78 is 3.01. The largest absolute Gasteiger partial charge is 0.363 e. The highest BCUT2D eigenvalue weighted by Gasteiger charge is 2.03. The standard InChI is InChI=1S/C11H14BrN5/c1-3-17-7-15-16-11(17)6-14-10-4-8(2)9(12)5-13-10/h4-5,7H,3,6H2,1-2H3,(H,13,14). The number of hydrogen-bond acceptors (Lipinski definition) is 4. The van der Waals surface area contributed by atoms with Gasteiger partial charge in [0.25, 0.3) is 0 Å². The molecule has 1 N–H and O–H groups in total. The average molecular weight is 296 g/mol. The number of pyridine rings is 1. The van der Waals surface area contributed by atoms with Crippen LogP contribution in [0.5, 0.6) is 0 Å². The molecule has 0 fully saturated rings. The van der Waals surface area contributed by atoms with Crippen molar-refractivity contribution in [3.8, 4) is 0 Å². The fourth-order valence-corrected chi connectivity index (χ4v) is 1.70. The maximum absolute atomic E-state index is 4.28. The van der Waals surface area contributed by atoms with Crippen LogP contribution in [0.25, 0.3) is 0 Å². The Morgan fingerprint density at radius 3 is 3.00 bits per heavy atom. The van der Waals surface area contributed by atoms with E-state index in [9.17, 15) is 0 Å². The zero-order chi connectivity index (χ0) is 12.3. The first-order chi connectivity index (χ1) is 8.20. The molecule has 2 heterocycles. The number of nitrogens with one attached hydrogen (secondary N) is 1. The van der Waals surface area contributed by atoms with Crippen LogP contribution >= 0.6 is 15.9 Å². The lowest BCUT2D eigenvalue weighted by atomic mass is 10.3. The second-order valence-electron chi connectivity index (χ2n) is 3.71. The van der Waals surface area contributed by atoms with Crippen molar-refractivity contribution in [2.45, 2.75) is 26.9 Å².